The molecule has 0 amide bonds. The number of hydrogen-bond acceptors (Lipinski definition) is 3. The molecule has 0 aromatic heterocycles. The largest absolute Gasteiger partial charge is 0.504 e. The maximum Gasteiger partial charge on any atom is 0.169 e. The normalized spacial score (nSPS) is 17.4. The summed E-state index contributed by atoms with van der Waals surface area (Å²) in [5.74, 6) is 0.693. The lowest BCUT2D eigenvalue weighted by molar-refractivity contribution is 0.323. The van der Waals surface area contributed by atoms with Crippen LogP contribution >= 0.6 is 0 Å². The summed E-state index contributed by atoms with van der Waals surface area (Å²) in [5.41, 5.74) is 0. The smallest absolute Gasteiger partial charge is 0.169 e. The Kier molecular flexibility index (Phi) is 1.53. The molecule has 1 aliphatic rings. The van der Waals surface area contributed by atoms with Gasteiger partial charge in [0.2, 0.25) is 0 Å². The Morgan fingerprint density at radius 1 is 1.67 bits per heavy atom. The molecule has 1 aliphatic heterocycles. The molecule has 0 fully saturated rings. The zero-order valence-corrected chi connectivity index (χ0v) is 5.03. The van der Waals surface area contributed by atoms with E-state index in [9.17, 15) is 0 Å². The van der Waals surface area contributed by atoms with Gasteiger partial charge in [-0.25, -0.2) is 0 Å². The Balaban J connectivity index is 2.75. The van der Waals surface area contributed by atoms with E-state index < -0.39 is 0 Å². The SMILES string of the molecule is CC1=CN=CC(O)=CO1. The molecule has 0 aromatic rings. The van der Waals surface area contributed by atoms with E-state index in [0.717, 1.165) is 0 Å². The van der Waals surface area contributed by atoms with E-state index >= 15 is 0 Å². The van der Waals surface area contributed by atoms with Crippen LogP contribution in [0.1, 0.15) is 6.92 Å². The molecule has 48 valence electrons. The van der Waals surface area contributed by atoms with Crippen LogP contribution in [0.2, 0.25) is 0 Å². The van der Waals surface area contributed by atoms with Crippen molar-refractivity contribution in [3.63, 3.8) is 0 Å². The van der Waals surface area contributed by atoms with Gasteiger partial charge in [0.1, 0.15) is 12.0 Å². The first-order valence-corrected chi connectivity index (χ1v) is 2.55. The third-order valence-corrected chi connectivity index (χ3v) is 0.829. The molecule has 0 saturated carbocycles. The summed E-state index contributed by atoms with van der Waals surface area (Å²) >= 11 is 0. The number of aliphatic hydroxyl groups is 1. The Hall–Kier alpha value is -1.25. The predicted molar refractivity (Wildman–Crippen MR) is 34.0 cm³/mol. The molecule has 1 N–H and O–H groups in total. The van der Waals surface area contributed by atoms with Crippen LogP contribution < -0.4 is 0 Å². The Labute approximate surface area is 53.0 Å². The summed E-state index contributed by atoms with van der Waals surface area (Å²) in [6.07, 6.45) is 4.08. The van der Waals surface area contributed by atoms with Gasteiger partial charge in [-0.2, -0.15) is 0 Å². The van der Waals surface area contributed by atoms with Gasteiger partial charge < -0.3 is 9.84 Å². The highest BCUT2D eigenvalue weighted by atomic mass is 16.5. The standard InChI is InChI=1S/C6H7NO2/c1-5-2-7-3-6(8)4-9-5/h2-4,8H,1H3. The van der Waals surface area contributed by atoms with Crippen molar-refractivity contribution in [2.75, 3.05) is 0 Å². The molecule has 0 bridgehead atoms. The topological polar surface area (TPSA) is 41.8 Å². The summed E-state index contributed by atoms with van der Waals surface area (Å²) < 4.78 is 4.84. The fraction of sp³-hybridized carbons (Fsp3) is 0.167. The van der Waals surface area contributed by atoms with Gasteiger partial charge in [0.15, 0.2) is 5.76 Å². The van der Waals surface area contributed by atoms with Crippen molar-refractivity contribution in [2.45, 2.75) is 6.92 Å². The van der Waals surface area contributed by atoms with E-state index in [1.165, 1.54) is 18.7 Å². The highest BCUT2D eigenvalue weighted by Gasteiger charge is 1.92. The summed E-state index contributed by atoms with van der Waals surface area (Å²) in [6, 6.07) is 0. The Morgan fingerprint density at radius 3 is 3.22 bits per heavy atom. The average Bonchev–Trinajstić information content (AvgIpc) is 1.97. The molecule has 9 heavy (non-hydrogen) atoms. The molecule has 0 spiro atoms. The van der Waals surface area contributed by atoms with E-state index in [2.05, 4.69) is 4.99 Å². The first-order valence-electron chi connectivity index (χ1n) is 2.55. The molecule has 1 heterocycles. The quantitative estimate of drug-likeness (QED) is 0.531. The van der Waals surface area contributed by atoms with Crippen LogP contribution in [0.4, 0.5) is 0 Å². The third kappa shape index (κ3) is 1.60. The minimum atomic E-state index is 0.0306. The van der Waals surface area contributed by atoms with Gasteiger partial charge in [-0.05, 0) is 6.92 Å². The van der Waals surface area contributed by atoms with E-state index in [1.807, 2.05) is 0 Å². The Morgan fingerprint density at radius 2 is 2.44 bits per heavy atom. The average molecular weight is 125 g/mol. The molecular formula is C6H7NO2. The maximum atomic E-state index is 8.76. The van der Waals surface area contributed by atoms with Crippen LogP contribution in [0.5, 0.6) is 0 Å². The van der Waals surface area contributed by atoms with Crippen molar-refractivity contribution in [1.82, 2.24) is 0 Å². The molecule has 0 unspecified atom stereocenters. The second-order valence-corrected chi connectivity index (χ2v) is 1.68. The molecule has 0 radical (unpaired) electrons. The summed E-state index contributed by atoms with van der Waals surface area (Å²) in [5, 5.41) is 8.76. The molecule has 0 aliphatic carbocycles. The van der Waals surface area contributed by atoms with Crippen molar-refractivity contribution >= 4 is 6.21 Å². The first-order chi connectivity index (χ1) is 4.29. The zero-order valence-electron chi connectivity index (χ0n) is 5.03. The van der Waals surface area contributed by atoms with Gasteiger partial charge in [-0.3, -0.25) is 4.99 Å². The third-order valence-electron chi connectivity index (χ3n) is 0.829. The first kappa shape index (κ1) is 5.88. The van der Waals surface area contributed by atoms with Gasteiger partial charge >= 0.3 is 0 Å². The second kappa shape index (κ2) is 2.35. The minimum absolute atomic E-state index is 0.0306. The Bertz CT molecular complexity index is 188. The molecule has 1 rings (SSSR count). The van der Waals surface area contributed by atoms with Gasteiger partial charge in [0, 0.05) is 0 Å². The van der Waals surface area contributed by atoms with E-state index in [0.29, 0.717) is 5.76 Å². The fourth-order valence-electron chi connectivity index (χ4n) is 0.433. The lowest BCUT2D eigenvalue weighted by Crippen LogP contribution is -1.80. The lowest BCUT2D eigenvalue weighted by Gasteiger charge is -1.93. The van der Waals surface area contributed by atoms with Crippen LogP contribution in [-0.4, -0.2) is 11.3 Å². The second-order valence-electron chi connectivity index (χ2n) is 1.68. The van der Waals surface area contributed by atoms with E-state index in [4.69, 9.17) is 9.84 Å². The van der Waals surface area contributed by atoms with Gasteiger partial charge in [-0.15, -0.1) is 0 Å². The van der Waals surface area contributed by atoms with Crippen molar-refractivity contribution in [3.05, 3.63) is 24.0 Å². The zero-order chi connectivity index (χ0) is 6.69. The number of allylic oxidation sites excluding steroid dienone is 2. The van der Waals surface area contributed by atoms with Gasteiger partial charge in [0.25, 0.3) is 0 Å². The maximum absolute atomic E-state index is 8.76. The van der Waals surface area contributed by atoms with Gasteiger partial charge in [-0.1, -0.05) is 0 Å². The number of ether oxygens (including phenoxy) is 1. The van der Waals surface area contributed by atoms with Crippen molar-refractivity contribution in [2.24, 2.45) is 4.99 Å². The fourth-order valence-corrected chi connectivity index (χ4v) is 0.433. The number of aliphatic hydroxyl groups excluding tert-OH is 1. The highest BCUT2D eigenvalue weighted by molar-refractivity contribution is 5.75. The monoisotopic (exact) mass is 125 g/mol. The molecule has 0 atom stereocenters. The molecule has 3 heteroatoms. The summed E-state index contributed by atoms with van der Waals surface area (Å²) in [4.78, 5) is 3.70. The highest BCUT2D eigenvalue weighted by Crippen LogP contribution is 2.01. The number of nitrogens with zero attached hydrogens (tertiary/aromatic N) is 1. The van der Waals surface area contributed by atoms with Gasteiger partial charge in [0.05, 0.1) is 12.4 Å². The van der Waals surface area contributed by atoms with Crippen LogP contribution in [0.3, 0.4) is 0 Å². The molecule has 3 nitrogen and oxygen atoms in total. The van der Waals surface area contributed by atoms with E-state index in [-0.39, 0.29) is 5.76 Å². The minimum Gasteiger partial charge on any atom is -0.504 e. The molecular weight excluding hydrogens is 118 g/mol. The van der Waals surface area contributed by atoms with Crippen LogP contribution in [0.25, 0.3) is 0 Å². The van der Waals surface area contributed by atoms with Crippen molar-refractivity contribution < 1.29 is 9.84 Å². The summed E-state index contributed by atoms with van der Waals surface area (Å²) in [6.45, 7) is 1.76. The van der Waals surface area contributed by atoms with Crippen LogP contribution in [0, 0.1) is 0 Å². The molecule has 0 aromatic carbocycles. The number of rotatable bonds is 0. The predicted octanol–water partition coefficient (Wildman–Crippen LogP) is 1.35. The lowest BCUT2D eigenvalue weighted by atomic mass is 10.6. The van der Waals surface area contributed by atoms with Crippen LogP contribution in [-0.2, 0) is 4.74 Å². The van der Waals surface area contributed by atoms with Crippen LogP contribution in [0.15, 0.2) is 29.0 Å². The van der Waals surface area contributed by atoms with Crippen molar-refractivity contribution in [3.8, 4) is 0 Å². The van der Waals surface area contributed by atoms with Crippen molar-refractivity contribution in [1.29, 1.82) is 0 Å². The van der Waals surface area contributed by atoms with E-state index in [1.54, 1.807) is 6.92 Å². The summed E-state index contributed by atoms with van der Waals surface area (Å²) in [7, 11) is 0. The number of hydrogen-bond donors (Lipinski definition) is 1. The number of aliphatic imine (C=N–C) groups is 1. The molecule has 0 saturated heterocycles.